The van der Waals surface area contributed by atoms with E-state index in [1.165, 1.54) is 167 Å². The molecule has 0 aliphatic carbocycles. The molecule has 0 rings (SSSR count). The van der Waals surface area contributed by atoms with Crippen LogP contribution in [0.5, 0.6) is 0 Å². The highest BCUT2D eigenvalue weighted by Crippen LogP contribution is 2.19. The van der Waals surface area contributed by atoms with E-state index in [0.717, 1.165) is 5.92 Å². The van der Waals surface area contributed by atoms with Crippen molar-refractivity contribution in [1.29, 1.82) is 0 Å². The van der Waals surface area contributed by atoms with Gasteiger partial charge in [0.1, 0.15) is 0 Å². The van der Waals surface area contributed by atoms with Gasteiger partial charge in [-0.25, -0.2) is 0 Å². The van der Waals surface area contributed by atoms with Crippen LogP contribution in [0.4, 0.5) is 0 Å². The Bertz CT molecular complexity index is 254. The molecule has 0 aliphatic rings. The molecule has 1 radical (unpaired) electrons. The number of unbranched alkanes of at least 4 members (excludes halogenated alkanes) is 22. The van der Waals surface area contributed by atoms with Crippen LogP contribution in [-0.4, -0.2) is 0 Å². The molecule has 0 aromatic carbocycles. The first-order valence-electron chi connectivity index (χ1n) is 14.6. The van der Waals surface area contributed by atoms with Crippen molar-refractivity contribution in [3.8, 4) is 0 Å². The first kappa shape index (κ1) is 30.0. The van der Waals surface area contributed by atoms with Crippen LogP contribution in [-0.2, 0) is 0 Å². The minimum absolute atomic E-state index is 0.719. The van der Waals surface area contributed by atoms with Crippen LogP contribution < -0.4 is 0 Å². The van der Waals surface area contributed by atoms with Gasteiger partial charge >= 0.3 is 0 Å². The Kier molecular flexibility index (Phi) is 27.0. The summed E-state index contributed by atoms with van der Waals surface area (Å²) in [4.78, 5) is 0. The largest absolute Gasteiger partial charge is 0.0654 e. The van der Waals surface area contributed by atoms with E-state index in [1.54, 1.807) is 0 Å². The van der Waals surface area contributed by atoms with E-state index < -0.39 is 0 Å². The number of hydrogen-bond acceptors (Lipinski definition) is 0. The van der Waals surface area contributed by atoms with E-state index >= 15 is 0 Å². The first-order chi connectivity index (χ1) is 14.8. The summed E-state index contributed by atoms with van der Waals surface area (Å²) in [5, 5.41) is 0. The highest BCUT2D eigenvalue weighted by atomic mass is 14.1. The normalized spacial score (nSPS) is 11.6. The second kappa shape index (κ2) is 27.0. The Labute approximate surface area is 193 Å². The van der Waals surface area contributed by atoms with E-state index in [9.17, 15) is 0 Å². The van der Waals surface area contributed by atoms with Crippen LogP contribution in [0.2, 0.25) is 0 Å². The molecule has 0 aromatic rings. The summed E-state index contributed by atoms with van der Waals surface area (Å²) in [6, 6.07) is 0. The molecule has 0 saturated heterocycles. The van der Waals surface area contributed by atoms with Crippen LogP contribution in [0.3, 0.4) is 0 Å². The standard InChI is InChI=1S/C30H61/c1-4-6-8-10-12-14-16-18-20-22-24-26-28-30(3)29-27-25-23-21-19-17-15-13-11-9-7-5-2/h30H,3-29H2,1-2H3. The Morgan fingerprint density at radius 1 is 0.333 bits per heavy atom. The quantitative estimate of drug-likeness (QED) is 0.122. The maximum atomic E-state index is 4.42. The summed E-state index contributed by atoms with van der Waals surface area (Å²) in [5.74, 6) is 0.719. The minimum Gasteiger partial charge on any atom is -0.0654 e. The van der Waals surface area contributed by atoms with Crippen LogP contribution >= 0.6 is 0 Å². The van der Waals surface area contributed by atoms with Gasteiger partial charge in [-0.1, -0.05) is 188 Å². The molecule has 0 aromatic heterocycles. The van der Waals surface area contributed by atoms with Gasteiger partial charge in [0.25, 0.3) is 0 Å². The van der Waals surface area contributed by atoms with Gasteiger partial charge in [-0.05, 0) is 5.92 Å². The molecule has 0 N–H and O–H groups in total. The zero-order valence-corrected chi connectivity index (χ0v) is 21.7. The van der Waals surface area contributed by atoms with Crippen LogP contribution in [0.25, 0.3) is 0 Å². The van der Waals surface area contributed by atoms with E-state index in [4.69, 9.17) is 0 Å². The lowest BCUT2D eigenvalue weighted by Gasteiger charge is -2.11. The molecule has 0 amide bonds. The van der Waals surface area contributed by atoms with Crippen LogP contribution in [0.1, 0.15) is 181 Å². The molecule has 0 heterocycles. The lowest BCUT2D eigenvalue weighted by molar-refractivity contribution is 0.459. The molecule has 0 saturated carbocycles. The predicted octanol–water partition coefficient (Wildman–Crippen LogP) is 11.6. The van der Waals surface area contributed by atoms with E-state index in [1.807, 2.05) is 0 Å². The van der Waals surface area contributed by atoms with E-state index in [0.29, 0.717) is 0 Å². The zero-order chi connectivity index (χ0) is 22.0. The van der Waals surface area contributed by atoms with Crippen molar-refractivity contribution in [2.75, 3.05) is 0 Å². The number of hydrogen-bond donors (Lipinski definition) is 0. The SMILES string of the molecule is [CH2]C(CCCCCCCCCCCCCC)CCCCCCCCCCCCCC. The Balaban J connectivity index is 3.13. The van der Waals surface area contributed by atoms with Crippen molar-refractivity contribution in [3.63, 3.8) is 0 Å². The topological polar surface area (TPSA) is 0 Å². The molecular weight excluding hydrogens is 360 g/mol. The monoisotopic (exact) mass is 421 g/mol. The van der Waals surface area contributed by atoms with Crippen molar-refractivity contribution >= 4 is 0 Å². The number of rotatable bonds is 26. The highest BCUT2D eigenvalue weighted by Gasteiger charge is 2.02. The molecule has 0 spiro atoms. The molecule has 30 heavy (non-hydrogen) atoms. The van der Waals surface area contributed by atoms with Gasteiger partial charge in [0, 0.05) is 0 Å². The summed E-state index contributed by atoms with van der Waals surface area (Å²) in [6.45, 7) is 9.02. The molecule has 0 fully saturated rings. The lowest BCUT2D eigenvalue weighted by atomic mass is 9.95. The lowest BCUT2D eigenvalue weighted by Crippen LogP contribution is -1.95. The molecular formula is C30H61. The fraction of sp³-hybridized carbons (Fsp3) is 0.967. The Hall–Kier alpha value is 0. The van der Waals surface area contributed by atoms with E-state index in [-0.39, 0.29) is 0 Å². The summed E-state index contributed by atoms with van der Waals surface area (Å²) in [7, 11) is 0. The van der Waals surface area contributed by atoms with Crippen molar-refractivity contribution < 1.29 is 0 Å². The Morgan fingerprint density at radius 3 is 0.767 bits per heavy atom. The third-order valence-electron chi connectivity index (χ3n) is 6.93. The maximum Gasteiger partial charge on any atom is -0.0414 e. The third-order valence-corrected chi connectivity index (χ3v) is 6.93. The van der Waals surface area contributed by atoms with Crippen molar-refractivity contribution in [2.45, 2.75) is 181 Å². The minimum atomic E-state index is 0.719. The molecule has 0 heteroatoms. The van der Waals surface area contributed by atoms with Crippen LogP contribution in [0, 0.1) is 12.8 Å². The Morgan fingerprint density at radius 2 is 0.533 bits per heavy atom. The molecule has 0 nitrogen and oxygen atoms in total. The fourth-order valence-electron chi connectivity index (χ4n) is 4.69. The van der Waals surface area contributed by atoms with Gasteiger partial charge in [-0.15, -0.1) is 0 Å². The van der Waals surface area contributed by atoms with Gasteiger partial charge < -0.3 is 0 Å². The smallest absolute Gasteiger partial charge is 0.0414 e. The van der Waals surface area contributed by atoms with E-state index in [2.05, 4.69) is 20.8 Å². The maximum absolute atomic E-state index is 4.42. The van der Waals surface area contributed by atoms with Gasteiger partial charge in [-0.3, -0.25) is 0 Å². The molecule has 0 aliphatic heterocycles. The van der Waals surface area contributed by atoms with Gasteiger partial charge in [0.2, 0.25) is 0 Å². The van der Waals surface area contributed by atoms with Crippen LogP contribution in [0.15, 0.2) is 0 Å². The second-order valence-corrected chi connectivity index (χ2v) is 10.2. The van der Waals surface area contributed by atoms with Crippen molar-refractivity contribution in [1.82, 2.24) is 0 Å². The molecule has 0 unspecified atom stereocenters. The average molecular weight is 422 g/mol. The second-order valence-electron chi connectivity index (χ2n) is 10.2. The van der Waals surface area contributed by atoms with Crippen molar-refractivity contribution in [2.24, 2.45) is 5.92 Å². The highest BCUT2D eigenvalue weighted by molar-refractivity contribution is 4.62. The molecule has 0 atom stereocenters. The summed E-state index contributed by atoms with van der Waals surface area (Å²) >= 11 is 0. The summed E-state index contributed by atoms with van der Waals surface area (Å²) < 4.78 is 0. The summed E-state index contributed by atoms with van der Waals surface area (Å²) in [6.07, 6.45) is 37.6. The summed E-state index contributed by atoms with van der Waals surface area (Å²) in [5.41, 5.74) is 0. The van der Waals surface area contributed by atoms with Crippen molar-refractivity contribution in [3.05, 3.63) is 6.92 Å². The third kappa shape index (κ3) is 26.0. The predicted molar refractivity (Wildman–Crippen MR) is 140 cm³/mol. The van der Waals surface area contributed by atoms with Gasteiger partial charge in [-0.2, -0.15) is 0 Å². The van der Waals surface area contributed by atoms with Gasteiger partial charge in [0.15, 0.2) is 0 Å². The fourth-order valence-corrected chi connectivity index (χ4v) is 4.69. The average Bonchev–Trinajstić information content (AvgIpc) is 2.75. The van der Waals surface area contributed by atoms with Gasteiger partial charge in [0.05, 0.1) is 0 Å². The molecule has 181 valence electrons. The molecule has 0 bridgehead atoms. The zero-order valence-electron chi connectivity index (χ0n) is 21.7. The first-order valence-corrected chi connectivity index (χ1v) is 14.6.